The molecule has 0 saturated carbocycles. The Morgan fingerprint density at radius 2 is 1.92 bits per heavy atom. The Morgan fingerprint density at radius 1 is 1.15 bits per heavy atom. The third kappa shape index (κ3) is 5.58. The molecular weight excluding hydrogens is 335 g/mol. The predicted octanol–water partition coefficient (Wildman–Crippen LogP) is 4.14. The highest BCUT2D eigenvalue weighted by Crippen LogP contribution is 2.17. The Kier molecular flexibility index (Phi) is 7.14. The summed E-state index contributed by atoms with van der Waals surface area (Å²) < 4.78 is 18.6. The molecule has 26 heavy (non-hydrogen) atoms. The van der Waals surface area contributed by atoms with E-state index >= 15 is 0 Å². The molecule has 5 nitrogen and oxygen atoms in total. The molecule has 2 rings (SSSR count). The quantitative estimate of drug-likeness (QED) is 0.550. The van der Waals surface area contributed by atoms with E-state index in [1.807, 2.05) is 6.07 Å². The van der Waals surface area contributed by atoms with Crippen LogP contribution >= 0.6 is 0 Å². The zero-order chi connectivity index (χ0) is 18.9. The summed E-state index contributed by atoms with van der Waals surface area (Å²) in [6.07, 6.45) is 2.03. The van der Waals surface area contributed by atoms with Crippen molar-refractivity contribution in [1.29, 1.82) is 0 Å². The summed E-state index contributed by atoms with van der Waals surface area (Å²) in [6, 6.07) is 11.4. The molecule has 0 aliphatic heterocycles. The maximum atomic E-state index is 13.5. The number of unbranched alkanes of at least 4 members (excludes halogenated alkanes) is 1. The van der Waals surface area contributed by atoms with Gasteiger partial charge in [0.05, 0.1) is 5.56 Å². The molecule has 0 heterocycles. The number of ether oxygens (including phenoxy) is 1. The lowest BCUT2D eigenvalue weighted by Crippen LogP contribution is -2.21. The normalized spacial score (nSPS) is 10.3. The number of benzene rings is 2. The van der Waals surface area contributed by atoms with Gasteiger partial charge < -0.3 is 15.4 Å². The first kappa shape index (κ1) is 19.4. The van der Waals surface area contributed by atoms with Gasteiger partial charge in [-0.15, -0.1) is 0 Å². The molecule has 0 fully saturated rings. The van der Waals surface area contributed by atoms with Gasteiger partial charge in [-0.25, -0.2) is 9.18 Å². The average molecular weight is 358 g/mol. The van der Waals surface area contributed by atoms with Crippen molar-refractivity contribution >= 4 is 23.3 Å². The molecule has 0 aliphatic rings. The maximum absolute atomic E-state index is 13.5. The second-order valence-electron chi connectivity index (χ2n) is 5.91. The van der Waals surface area contributed by atoms with Gasteiger partial charge in [-0.2, -0.15) is 0 Å². The van der Waals surface area contributed by atoms with Crippen LogP contribution in [0.5, 0.6) is 0 Å². The third-order valence-electron chi connectivity index (χ3n) is 3.78. The fourth-order valence-electron chi connectivity index (χ4n) is 2.29. The molecule has 1 amide bonds. The first-order valence-electron chi connectivity index (χ1n) is 8.57. The van der Waals surface area contributed by atoms with Crippen LogP contribution in [0.3, 0.4) is 0 Å². The fraction of sp³-hybridized carbons (Fsp3) is 0.300. The molecule has 0 unspecified atom stereocenters. The van der Waals surface area contributed by atoms with Crippen molar-refractivity contribution in [3.63, 3.8) is 0 Å². The summed E-state index contributed by atoms with van der Waals surface area (Å²) in [6.45, 7) is 4.02. The number of carbonyl (C=O) groups excluding carboxylic acids is 2. The third-order valence-corrected chi connectivity index (χ3v) is 3.78. The van der Waals surface area contributed by atoms with Gasteiger partial charge in [-0.1, -0.05) is 31.5 Å². The van der Waals surface area contributed by atoms with E-state index in [1.54, 1.807) is 37.3 Å². The van der Waals surface area contributed by atoms with Gasteiger partial charge in [0, 0.05) is 17.9 Å². The van der Waals surface area contributed by atoms with Crippen LogP contribution in [0.25, 0.3) is 0 Å². The summed E-state index contributed by atoms with van der Waals surface area (Å²) in [5.74, 6) is -1.53. The second kappa shape index (κ2) is 9.56. The number of halogens is 1. The average Bonchev–Trinajstić information content (AvgIpc) is 2.63. The summed E-state index contributed by atoms with van der Waals surface area (Å²) in [7, 11) is 0. The molecule has 2 N–H and O–H groups in total. The molecule has 0 atom stereocenters. The van der Waals surface area contributed by atoms with Gasteiger partial charge in [0.2, 0.25) is 0 Å². The highest BCUT2D eigenvalue weighted by atomic mass is 19.1. The Hall–Kier alpha value is -2.89. The van der Waals surface area contributed by atoms with Crippen LogP contribution < -0.4 is 10.6 Å². The minimum Gasteiger partial charge on any atom is -0.452 e. The van der Waals surface area contributed by atoms with Gasteiger partial charge in [0.25, 0.3) is 5.91 Å². The van der Waals surface area contributed by atoms with Crippen LogP contribution in [-0.2, 0) is 9.53 Å². The molecule has 2 aromatic carbocycles. The van der Waals surface area contributed by atoms with Gasteiger partial charge in [-0.05, 0) is 43.2 Å². The summed E-state index contributed by atoms with van der Waals surface area (Å²) in [5.41, 5.74) is 1.85. The lowest BCUT2D eigenvalue weighted by Gasteiger charge is -2.11. The van der Waals surface area contributed by atoms with Crippen LogP contribution in [0, 0.1) is 12.7 Å². The summed E-state index contributed by atoms with van der Waals surface area (Å²) in [5, 5.41) is 5.69. The molecule has 0 spiro atoms. The Morgan fingerprint density at radius 3 is 2.65 bits per heavy atom. The van der Waals surface area contributed by atoms with Gasteiger partial charge in [0.15, 0.2) is 6.61 Å². The van der Waals surface area contributed by atoms with Gasteiger partial charge in [-0.3, -0.25) is 4.79 Å². The van der Waals surface area contributed by atoms with Crippen LogP contribution in [0.1, 0.15) is 35.7 Å². The number of para-hydroxylation sites is 1. The molecule has 6 heteroatoms. The van der Waals surface area contributed by atoms with E-state index in [1.165, 1.54) is 6.07 Å². The van der Waals surface area contributed by atoms with Crippen molar-refractivity contribution in [3.05, 3.63) is 59.4 Å². The summed E-state index contributed by atoms with van der Waals surface area (Å²) >= 11 is 0. The standard InChI is InChI=1S/C20H23FN2O3/c1-3-4-11-22-18-8-6-5-7-16(18)20(25)26-13-19(24)23-15-10-9-14(2)17(21)12-15/h5-10,12,22H,3-4,11,13H2,1-2H3,(H,23,24). The van der Waals surface area contributed by atoms with Crippen LogP contribution in [0.15, 0.2) is 42.5 Å². The van der Waals surface area contributed by atoms with Gasteiger partial charge in [0.1, 0.15) is 5.82 Å². The van der Waals surface area contributed by atoms with E-state index in [-0.39, 0.29) is 0 Å². The Balaban J connectivity index is 1.91. The van der Waals surface area contributed by atoms with E-state index < -0.39 is 24.3 Å². The number of amides is 1. The molecule has 0 bridgehead atoms. The molecule has 0 radical (unpaired) electrons. The van der Waals surface area contributed by atoms with Crippen molar-refractivity contribution < 1.29 is 18.7 Å². The predicted molar refractivity (Wildman–Crippen MR) is 99.9 cm³/mol. The zero-order valence-electron chi connectivity index (χ0n) is 15.0. The van der Waals surface area contributed by atoms with E-state index in [9.17, 15) is 14.0 Å². The smallest absolute Gasteiger partial charge is 0.340 e. The van der Waals surface area contributed by atoms with E-state index in [2.05, 4.69) is 17.6 Å². The van der Waals surface area contributed by atoms with Crippen molar-refractivity contribution in [2.24, 2.45) is 0 Å². The minimum absolute atomic E-state index is 0.316. The highest BCUT2D eigenvalue weighted by Gasteiger charge is 2.14. The monoisotopic (exact) mass is 358 g/mol. The molecule has 0 saturated heterocycles. The van der Waals surface area contributed by atoms with Gasteiger partial charge >= 0.3 is 5.97 Å². The van der Waals surface area contributed by atoms with E-state index in [4.69, 9.17) is 4.74 Å². The number of aryl methyl sites for hydroxylation is 1. The van der Waals surface area contributed by atoms with Crippen LogP contribution in [0.2, 0.25) is 0 Å². The van der Waals surface area contributed by atoms with Crippen LogP contribution in [0.4, 0.5) is 15.8 Å². The first-order valence-corrected chi connectivity index (χ1v) is 8.57. The SMILES string of the molecule is CCCCNc1ccccc1C(=O)OCC(=O)Nc1ccc(C)c(F)c1. The summed E-state index contributed by atoms with van der Waals surface area (Å²) in [4.78, 5) is 24.2. The molecule has 0 aromatic heterocycles. The zero-order valence-corrected chi connectivity index (χ0v) is 15.0. The number of anilines is 2. The van der Waals surface area contributed by atoms with E-state index in [0.29, 0.717) is 22.5 Å². The van der Waals surface area contributed by atoms with Crippen molar-refractivity contribution in [1.82, 2.24) is 0 Å². The first-order chi connectivity index (χ1) is 12.5. The van der Waals surface area contributed by atoms with Crippen molar-refractivity contribution in [2.45, 2.75) is 26.7 Å². The minimum atomic E-state index is -0.588. The topological polar surface area (TPSA) is 67.4 Å². The van der Waals surface area contributed by atoms with Crippen LogP contribution in [-0.4, -0.2) is 25.0 Å². The second-order valence-corrected chi connectivity index (χ2v) is 5.91. The lowest BCUT2D eigenvalue weighted by atomic mass is 10.1. The largest absolute Gasteiger partial charge is 0.452 e. The number of hydrogen-bond acceptors (Lipinski definition) is 4. The number of nitrogens with one attached hydrogen (secondary N) is 2. The number of carbonyl (C=O) groups is 2. The van der Waals surface area contributed by atoms with E-state index in [0.717, 1.165) is 19.4 Å². The number of hydrogen-bond donors (Lipinski definition) is 2. The molecule has 2 aromatic rings. The lowest BCUT2D eigenvalue weighted by molar-refractivity contribution is -0.119. The Labute approximate surface area is 152 Å². The molecular formula is C20H23FN2O3. The fourth-order valence-corrected chi connectivity index (χ4v) is 2.29. The maximum Gasteiger partial charge on any atom is 0.340 e. The number of esters is 1. The Bertz CT molecular complexity index is 777. The number of rotatable bonds is 8. The van der Waals surface area contributed by atoms with Crippen molar-refractivity contribution in [3.8, 4) is 0 Å². The highest BCUT2D eigenvalue weighted by molar-refractivity contribution is 5.98. The van der Waals surface area contributed by atoms with Crippen molar-refractivity contribution in [2.75, 3.05) is 23.8 Å². The molecule has 138 valence electrons. The molecule has 0 aliphatic carbocycles.